The Bertz CT molecular complexity index is 358. The molecule has 86 valence electrons. The molecule has 2 atom stereocenters. The molecule has 0 bridgehead atoms. The number of rotatable bonds is 6. The van der Waals surface area contributed by atoms with E-state index in [1.165, 1.54) is 13.0 Å². The molecule has 0 saturated heterocycles. The van der Waals surface area contributed by atoms with Gasteiger partial charge < -0.3 is 10.2 Å². The van der Waals surface area contributed by atoms with Gasteiger partial charge in [-0.25, -0.2) is 8.42 Å². The van der Waals surface area contributed by atoms with E-state index < -0.39 is 33.9 Å². The van der Waals surface area contributed by atoms with Crippen molar-refractivity contribution < 1.29 is 23.4 Å². The van der Waals surface area contributed by atoms with Crippen LogP contribution in [0.25, 0.3) is 0 Å². The van der Waals surface area contributed by atoms with Crippen molar-refractivity contribution >= 4 is 16.0 Å². The summed E-state index contributed by atoms with van der Waals surface area (Å²) in [7, 11) is -4.03. The molecule has 0 rings (SSSR count). The van der Waals surface area contributed by atoms with Crippen LogP contribution in [0.5, 0.6) is 0 Å². The van der Waals surface area contributed by atoms with Crippen LogP contribution in [0.1, 0.15) is 13.3 Å². The molecule has 0 aliphatic carbocycles. The van der Waals surface area contributed by atoms with Gasteiger partial charge in [0.15, 0.2) is 5.25 Å². The molecule has 0 aromatic rings. The van der Waals surface area contributed by atoms with E-state index in [-0.39, 0.29) is 6.42 Å². The van der Waals surface area contributed by atoms with E-state index in [1.54, 1.807) is 4.72 Å². The summed E-state index contributed by atoms with van der Waals surface area (Å²) in [6, 6.07) is -0.0782. The highest BCUT2D eigenvalue weighted by Crippen LogP contribution is 2.03. The Morgan fingerprint density at radius 2 is 2.13 bits per heavy atom. The van der Waals surface area contributed by atoms with Crippen LogP contribution in [0.2, 0.25) is 0 Å². The van der Waals surface area contributed by atoms with Crippen molar-refractivity contribution in [2.75, 3.05) is 6.61 Å². The molecule has 0 heterocycles. The topological polar surface area (TPSA) is 127 Å². The minimum Gasteiger partial charge on any atom is -0.480 e. The second kappa shape index (κ2) is 5.65. The van der Waals surface area contributed by atoms with Crippen molar-refractivity contribution in [1.82, 2.24) is 4.72 Å². The number of aliphatic carboxylic acids is 1. The Morgan fingerprint density at radius 3 is 2.40 bits per heavy atom. The highest BCUT2D eigenvalue weighted by molar-refractivity contribution is 7.90. The van der Waals surface area contributed by atoms with Gasteiger partial charge in [-0.1, -0.05) is 6.92 Å². The van der Waals surface area contributed by atoms with Crippen molar-refractivity contribution in [3.05, 3.63) is 0 Å². The van der Waals surface area contributed by atoms with E-state index in [9.17, 15) is 13.2 Å². The zero-order chi connectivity index (χ0) is 12.1. The normalized spacial score (nSPS) is 15.3. The lowest BCUT2D eigenvalue weighted by molar-refractivity contribution is -0.139. The van der Waals surface area contributed by atoms with Gasteiger partial charge >= 0.3 is 5.97 Å². The fourth-order valence-corrected chi connectivity index (χ4v) is 2.14. The molecule has 1 unspecified atom stereocenters. The lowest BCUT2D eigenvalue weighted by Gasteiger charge is -2.14. The lowest BCUT2D eigenvalue weighted by atomic mass is 10.3. The number of sulfonamides is 1. The fourth-order valence-electron chi connectivity index (χ4n) is 0.826. The molecule has 3 N–H and O–H groups in total. The Balaban J connectivity index is 4.78. The van der Waals surface area contributed by atoms with E-state index in [1.807, 2.05) is 0 Å². The van der Waals surface area contributed by atoms with Gasteiger partial charge in [0.2, 0.25) is 10.0 Å². The van der Waals surface area contributed by atoms with Crippen LogP contribution < -0.4 is 4.72 Å². The van der Waals surface area contributed by atoms with Gasteiger partial charge in [0.25, 0.3) is 0 Å². The number of carboxylic acid groups (broad SMARTS) is 1. The van der Waals surface area contributed by atoms with Crippen LogP contribution in [-0.4, -0.2) is 42.5 Å². The van der Waals surface area contributed by atoms with Gasteiger partial charge in [-0.2, -0.15) is 9.98 Å². The minimum absolute atomic E-state index is 0.0452. The minimum atomic E-state index is -4.03. The molecule has 0 aromatic heterocycles. The van der Waals surface area contributed by atoms with E-state index in [0.29, 0.717) is 0 Å². The average molecular weight is 236 g/mol. The third kappa shape index (κ3) is 3.83. The van der Waals surface area contributed by atoms with Gasteiger partial charge in [-0.3, -0.25) is 4.79 Å². The molecule has 0 aliphatic rings. The van der Waals surface area contributed by atoms with E-state index in [2.05, 4.69) is 0 Å². The number of hydrogen-bond donors (Lipinski definition) is 3. The van der Waals surface area contributed by atoms with Crippen molar-refractivity contribution in [3.8, 4) is 6.07 Å². The summed E-state index contributed by atoms with van der Waals surface area (Å²) in [5.41, 5.74) is 0. The molecular weight excluding hydrogens is 224 g/mol. The Morgan fingerprint density at radius 1 is 1.60 bits per heavy atom. The Labute approximate surface area is 87.4 Å². The van der Waals surface area contributed by atoms with Gasteiger partial charge in [-0.15, -0.1) is 0 Å². The molecule has 0 radical (unpaired) electrons. The summed E-state index contributed by atoms with van der Waals surface area (Å²) in [6.07, 6.45) is 0.0452. The highest BCUT2D eigenvalue weighted by atomic mass is 32.2. The molecule has 0 aliphatic heterocycles. The van der Waals surface area contributed by atoms with Crippen molar-refractivity contribution in [1.29, 1.82) is 5.26 Å². The second-order valence-electron chi connectivity index (χ2n) is 2.76. The number of nitrogens with one attached hydrogen (secondary N) is 1. The lowest BCUT2D eigenvalue weighted by Crippen LogP contribution is -2.46. The standard InChI is InChI=1S/C7H12N2O5S/c1-2-5(3-8)15(13,14)9-6(4-10)7(11)12/h5-6,9-10H,2,4H2,1H3,(H,11,12)/t5?,6-/m1/s1. The number of aliphatic hydroxyl groups excluding tert-OH is 1. The molecule has 0 fully saturated rings. The number of nitriles is 1. The zero-order valence-electron chi connectivity index (χ0n) is 8.04. The SMILES string of the molecule is CCC(C#N)S(=O)(=O)N[C@H](CO)C(=O)O. The van der Waals surface area contributed by atoms with Crippen molar-refractivity contribution in [2.45, 2.75) is 24.6 Å². The number of carbonyl (C=O) groups is 1. The monoisotopic (exact) mass is 236 g/mol. The zero-order valence-corrected chi connectivity index (χ0v) is 8.86. The third-order valence-electron chi connectivity index (χ3n) is 1.68. The summed E-state index contributed by atoms with van der Waals surface area (Å²) < 4.78 is 24.5. The molecule has 8 heteroatoms. The Hall–Kier alpha value is -1.17. The predicted octanol–water partition coefficient (Wildman–Crippen LogP) is -1.35. The summed E-state index contributed by atoms with van der Waals surface area (Å²) in [4.78, 5) is 10.4. The van der Waals surface area contributed by atoms with Crippen molar-refractivity contribution in [3.63, 3.8) is 0 Å². The first-order chi connectivity index (χ1) is 6.88. The van der Waals surface area contributed by atoms with Gasteiger partial charge in [0.05, 0.1) is 12.7 Å². The first kappa shape index (κ1) is 13.8. The number of aliphatic hydroxyl groups is 1. The molecule has 0 amide bonds. The van der Waals surface area contributed by atoms with Gasteiger partial charge in [-0.05, 0) is 6.42 Å². The molecule has 0 aromatic carbocycles. The van der Waals surface area contributed by atoms with Crippen LogP contribution in [0.3, 0.4) is 0 Å². The van der Waals surface area contributed by atoms with Crippen LogP contribution in [-0.2, 0) is 14.8 Å². The summed E-state index contributed by atoms with van der Waals surface area (Å²) in [6.45, 7) is 0.623. The number of nitrogens with zero attached hydrogens (tertiary/aromatic N) is 1. The maximum Gasteiger partial charge on any atom is 0.324 e. The fraction of sp³-hybridized carbons (Fsp3) is 0.714. The van der Waals surface area contributed by atoms with Crippen LogP contribution in [0.4, 0.5) is 0 Å². The number of hydrogen-bond acceptors (Lipinski definition) is 5. The van der Waals surface area contributed by atoms with Gasteiger partial charge in [0.1, 0.15) is 6.04 Å². The molecule has 0 saturated carbocycles. The van der Waals surface area contributed by atoms with Crippen molar-refractivity contribution in [2.24, 2.45) is 0 Å². The smallest absolute Gasteiger partial charge is 0.324 e. The summed E-state index contributed by atoms with van der Waals surface area (Å²) >= 11 is 0. The van der Waals surface area contributed by atoms with E-state index >= 15 is 0 Å². The largest absolute Gasteiger partial charge is 0.480 e. The Kier molecular flexibility index (Phi) is 5.21. The number of carboxylic acids is 1. The summed E-state index contributed by atoms with van der Waals surface area (Å²) in [5.74, 6) is -1.49. The first-order valence-corrected chi connectivity index (χ1v) is 5.68. The van der Waals surface area contributed by atoms with Crippen LogP contribution >= 0.6 is 0 Å². The second-order valence-corrected chi connectivity index (χ2v) is 4.66. The quantitative estimate of drug-likeness (QED) is 0.523. The molecular formula is C7H12N2O5S. The molecule has 15 heavy (non-hydrogen) atoms. The summed E-state index contributed by atoms with van der Waals surface area (Å²) in [5, 5.41) is 24.3. The maximum atomic E-state index is 11.4. The van der Waals surface area contributed by atoms with Crippen LogP contribution in [0, 0.1) is 11.3 Å². The van der Waals surface area contributed by atoms with Gasteiger partial charge in [0, 0.05) is 0 Å². The molecule has 7 nitrogen and oxygen atoms in total. The molecule has 0 spiro atoms. The third-order valence-corrected chi connectivity index (χ3v) is 3.48. The van der Waals surface area contributed by atoms with E-state index in [4.69, 9.17) is 15.5 Å². The van der Waals surface area contributed by atoms with E-state index in [0.717, 1.165) is 0 Å². The highest BCUT2D eigenvalue weighted by Gasteiger charge is 2.29. The predicted molar refractivity (Wildman–Crippen MR) is 50.3 cm³/mol. The van der Waals surface area contributed by atoms with Crippen LogP contribution in [0.15, 0.2) is 0 Å². The first-order valence-electron chi connectivity index (χ1n) is 4.13. The maximum absolute atomic E-state index is 11.4. The average Bonchev–Trinajstić information content (AvgIpc) is 2.15.